The quantitative estimate of drug-likeness (QED) is 0.320. The Morgan fingerprint density at radius 3 is 2.77 bits per heavy atom. The highest BCUT2D eigenvalue weighted by Gasteiger charge is 2.16. The number of fused-ring (bicyclic) bond motifs is 1. The average Bonchev–Trinajstić information content (AvgIpc) is 3.50. The van der Waals surface area contributed by atoms with Crippen molar-refractivity contribution in [2.75, 3.05) is 13.7 Å². The van der Waals surface area contributed by atoms with Gasteiger partial charge in [0.05, 0.1) is 20.3 Å². The zero-order chi connectivity index (χ0) is 24.4. The van der Waals surface area contributed by atoms with Crippen LogP contribution in [-0.4, -0.2) is 48.4 Å². The van der Waals surface area contributed by atoms with Crippen LogP contribution in [0.5, 0.6) is 11.5 Å². The lowest BCUT2D eigenvalue weighted by Crippen LogP contribution is -2.21. The van der Waals surface area contributed by atoms with Crippen molar-refractivity contribution >= 4 is 22.8 Å². The normalized spacial score (nSPS) is 11.2. The van der Waals surface area contributed by atoms with Crippen molar-refractivity contribution in [2.45, 2.75) is 20.0 Å². The van der Waals surface area contributed by atoms with Gasteiger partial charge in [-0.05, 0) is 36.8 Å². The first-order valence-electron chi connectivity index (χ1n) is 10.7. The molecule has 0 fully saturated rings. The summed E-state index contributed by atoms with van der Waals surface area (Å²) in [7, 11) is 1.56. The van der Waals surface area contributed by atoms with Crippen molar-refractivity contribution in [3.05, 3.63) is 75.6 Å². The molecule has 0 N–H and O–H groups in total. The number of aromatic nitrogens is 7. The van der Waals surface area contributed by atoms with Gasteiger partial charge in [0.25, 0.3) is 5.56 Å². The van der Waals surface area contributed by atoms with E-state index >= 15 is 0 Å². The predicted octanol–water partition coefficient (Wildman–Crippen LogP) is 3.20. The van der Waals surface area contributed by atoms with Crippen molar-refractivity contribution in [1.82, 2.24) is 34.7 Å². The molecule has 5 aromatic rings. The summed E-state index contributed by atoms with van der Waals surface area (Å²) in [6.45, 7) is 2.78. The van der Waals surface area contributed by atoms with Crippen molar-refractivity contribution in [2.24, 2.45) is 0 Å². The first-order chi connectivity index (χ1) is 17.1. The standard InChI is InChI=1S/C23H20ClN7O4/c1-3-34-17-9-8-14(10-18(17)33-2)21-26-19(35-28-21)12-30-13-25-22-20(23(30)32)27-29-31(22)11-15-6-4-5-7-16(15)24/h4-10,13H,3,11-12H2,1-2H3. The van der Waals surface area contributed by atoms with Crippen LogP contribution >= 0.6 is 11.6 Å². The van der Waals surface area contributed by atoms with Gasteiger partial charge in [0.1, 0.15) is 12.9 Å². The molecule has 3 aromatic heterocycles. The number of benzene rings is 2. The van der Waals surface area contributed by atoms with Crippen LogP contribution in [-0.2, 0) is 13.1 Å². The molecule has 0 radical (unpaired) electrons. The van der Waals surface area contributed by atoms with Crippen LogP contribution in [0.3, 0.4) is 0 Å². The lowest BCUT2D eigenvalue weighted by Gasteiger charge is -2.09. The van der Waals surface area contributed by atoms with Gasteiger partial charge in [0, 0.05) is 10.6 Å². The Morgan fingerprint density at radius 1 is 1.11 bits per heavy atom. The maximum Gasteiger partial charge on any atom is 0.283 e. The van der Waals surface area contributed by atoms with Crippen LogP contribution in [0.25, 0.3) is 22.6 Å². The van der Waals surface area contributed by atoms with Crippen LogP contribution in [0.1, 0.15) is 18.4 Å². The smallest absolute Gasteiger partial charge is 0.283 e. The Balaban J connectivity index is 1.39. The van der Waals surface area contributed by atoms with Gasteiger partial charge in [-0.3, -0.25) is 9.36 Å². The summed E-state index contributed by atoms with van der Waals surface area (Å²) in [5.41, 5.74) is 1.65. The summed E-state index contributed by atoms with van der Waals surface area (Å²) in [4.78, 5) is 21.8. The van der Waals surface area contributed by atoms with Gasteiger partial charge in [-0.25, -0.2) is 9.67 Å². The van der Waals surface area contributed by atoms with Gasteiger partial charge < -0.3 is 14.0 Å². The first-order valence-corrected chi connectivity index (χ1v) is 11.1. The highest BCUT2D eigenvalue weighted by atomic mass is 35.5. The van der Waals surface area contributed by atoms with E-state index in [1.165, 1.54) is 15.6 Å². The molecule has 0 saturated carbocycles. The lowest BCUT2D eigenvalue weighted by molar-refractivity contribution is 0.311. The molecule has 0 unspecified atom stereocenters. The molecule has 5 rings (SSSR count). The molecular weight excluding hydrogens is 474 g/mol. The molecule has 35 heavy (non-hydrogen) atoms. The zero-order valence-corrected chi connectivity index (χ0v) is 19.6. The van der Waals surface area contributed by atoms with E-state index in [1.807, 2.05) is 25.1 Å². The summed E-state index contributed by atoms with van der Waals surface area (Å²) in [6.07, 6.45) is 1.40. The number of halogens is 1. The molecule has 11 nitrogen and oxygen atoms in total. The lowest BCUT2D eigenvalue weighted by atomic mass is 10.2. The minimum absolute atomic E-state index is 0.0281. The molecule has 3 heterocycles. The summed E-state index contributed by atoms with van der Waals surface area (Å²) in [6, 6.07) is 12.7. The fourth-order valence-electron chi connectivity index (χ4n) is 3.56. The van der Waals surface area contributed by atoms with Crippen LogP contribution in [0, 0.1) is 0 Å². The Hall–Kier alpha value is -4.25. The monoisotopic (exact) mass is 493 g/mol. The van der Waals surface area contributed by atoms with Gasteiger partial charge in [-0.2, -0.15) is 4.98 Å². The second-order valence-corrected chi connectivity index (χ2v) is 7.91. The van der Waals surface area contributed by atoms with Crippen molar-refractivity contribution in [3.63, 3.8) is 0 Å². The first kappa shape index (κ1) is 22.5. The molecule has 0 saturated heterocycles. The van der Waals surface area contributed by atoms with Gasteiger partial charge in [0.2, 0.25) is 11.7 Å². The molecule has 178 valence electrons. The SMILES string of the molecule is CCOc1ccc(-c2noc(Cn3cnc4c(nnn4Cc4ccccc4Cl)c3=O)n2)cc1OC. The maximum absolute atomic E-state index is 13.0. The Morgan fingerprint density at radius 2 is 1.97 bits per heavy atom. The van der Waals surface area contributed by atoms with Crippen LogP contribution in [0.15, 0.2) is 58.1 Å². The summed E-state index contributed by atoms with van der Waals surface area (Å²) in [5.74, 6) is 1.77. The second kappa shape index (κ2) is 9.55. The molecule has 12 heteroatoms. The van der Waals surface area contributed by atoms with Crippen molar-refractivity contribution < 1.29 is 14.0 Å². The van der Waals surface area contributed by atoms with Crippen LogP contribution < -0.4 is 15.0 Å². The molecule has 2 aromatic carbocycles. The number of rotatable bonds is 8. The van der Waals surface area contributed by atoms with E-state index in [9.17, 15) is 4.79 Å². The van der Waals surface area contributed by atoms with Crippen LogP contribution in [0.4, 0.5) is 0 Å². The highest BCUT2D eigenvalue weighted by molar-refractivity contribution is 6.31. The van der Waals surface area contributed by atoms with Crippen molar-refractivity contribution in [1.29, 1.82) is 0 Å². The zero-order valence-electron chi connectivity index (χ0n) is 18.9. The van der Waals surface area contributed by atoms with E-state index in [-0.39, 0.29) is 23.5 Å². The molecule has 0 aliphatic carbocycles. The fourth-order valence-corrected chi connectivity index (χ4v) is 3.75. The van der Waals surface area contributed by atoms with E-state index in [0.717, 1.165) is 5.56 Å². The minimum atomic E-state index is -0.372. The third kappa shape index (κ3) is 4.45. The number of hydrogen-bond acceptors (Lipinski definition) is 9. The van der Waals surface area contributed by atoms with E-state index in [1.54, 1.807) is 31.4 Å². The number of nitrogens with zero attached hydrogens (tertiary/aromatic N) is 7. The third-order valence-corrected chi connectivity index (χ3v) is 5.63. The number of hydrogen-bond donors (Lipinski definition) is 0. The largest absolute Gasteiger partial charge is 0.493 e. The van der Waals surface area contributed by atoms with Gasteiger partial charge in [-0.15, -0.1) is 5.10 Å². The fraction of sp³-hybridized carbons (Fsp3) is 0.217. The highest BCUT2D eigenvalue weighted by Crippen LogP contribution is 2.31. The summed E-state index contributed by atoms with van der Waals surface area (Å²) in [5, 5.41) is 12.7. The van der Waals surface area contributed by atoms with E-state index in [2.05, 4.69) is 25.4 Å². The van der Waals surface area contributed by atoms with E-state index in [0.29, 0.717) is 46.7 Å². The number of methoxy groups -OCH3 is 1. The minimum Gasteiger partial charge on any atom is -0.493 e. The third-order valence-electron chi connectivity index (χ3n) is 5.27. The van der Waals surface area contributed by atoms with Gasteiger partial charge >= 0.3 is 0 Å². The Kier molecular flexibility index (Phi) is 6.15. The predicted molar refractivity (Wildman–Crippen MR) is 127 cm³/mol. The van der Waals surface area contributed by atoms with Crippen LogP contribution in [0.2, 0.25) is 5.02 Å². The second-order valence-electron chi connectivity index (χ2n) is 7.50. The van der Waals surface area contributed by atoms with Gasteiger partial charge in [0.15, 0.2) is 22.7 Å². The molecule has 0 spiro atoms. The molecule has 0 aliphatic rings. The molecule has 0 bridgehead atoms. The topological polar surface area (TPSA) is 123 Å². The van der Waals surface area contributed by atoms with E-state index in [4.69, 9.17) is 25.6 Å². The Bertz CT molecular complexity index is 1560. The molecule has 0 atom stereocenters. The average molecular weight is 494 g/mol. The maximum atomic E-state index is 13.0. The van der Waals surface area contributed by atoms with Crippen molar-refractivity contribution in [3.8, 4) is 22.9 Å². The van der Waals surface area contributed by atoms with E-state index < -0.39 is 0 Å². The molecule has 0 amide bonds. The summed E-state index contributed by atoms with van der Waals surface area (Å²) < 4.78 is 19.2. The molecule has 0 aliphatic heterocycles. The Labute approximate surface area is 203 Å². The molecular formula is C23H20ClN7O4. The number of ether oxygens (including phenoxy) is 2. The summed E-state index contributed by atoms with van der Waals surface area (Å²) >= 11 is 6.24. The van der Waals surface area contributed by atoms with Gasteiger partial charge in [-0.1, -0.05) is 40.2 Å².